The molecule has 0 heteroatoms. The van der Waals surface area contributed by atoms with Gasteiger partial charge in [0.05, 0.1) is 0 Å². The molecule has 0 saturated carbocycles. The molecule has 0 aromatic heterocycles. The van der Waals surface area contributed by atoms with Gasteiger partial charge in [-0.3, -0.25) is 0 Å². The fourth-order valence-electron chi connectivity index (χ4n) is 3.77. The molecule has 2 rings (SSSR count). The van der Waals surface area contributed by atoms with E-state index in [4.69, 9.17) is 0 Å². The molecule has 2 aliphatic carbocycles. The lowest BCUT2D eigenvalue weighted by molar-refractivity contribution is 0.150. The third-order valence-corrected chi connectivity index (χ3v) is 4.86. The molecule has 3 unspecified atom stereocenters. The van der Waals surface area contributed by atoms with Crippen molar-refractivity contribution in [1.82, 2.24) is 0 Å². The molecule has 0 radical (unpaired) electrons. The minimum atomic E-state index is 0.496. The summed E-state index contributed by atoms with van der Waals surface area (Å²) in [7, 11) is 0. The molecule has 2 aliphatic rings. The van der Waals surface area contributed by atoms with Crippen LogP contribution in [0.25, 0.3) is 0 Å². The van der Waals surface area contributed by atoms with Crippen molar-refractivity contribution in [2.75, 3.05) is 0 Å². The first-order valence-corrected chi connectivity index (χ1v) is 7.16. The van der Waals surface area contributed by atoms with E-state index in [1.165, 1.54) is 44.9 Å². The van der Waals surface area contributed by atoms with Crippen molar-refractivity contribution in [2.45, 2.75) is 58.8 Å². The molecule has 0 fully saturated rings. The second-order valence-electron chi connectivity index (χ2n) is 5.58. The maximum Gasteiger partial charge on any atom is -0.00554 e. The predicted octanol–water partition coefficient (Wildman–Crippen LogP) is 5.12. The van der Waals surface area contributed by atoms with Crippen LogP contribution in [0.4, 0.5) is 0 Å². The zero-order valence-electron chi connectivity index (χ0n) is 10.9. The average molecular weight is 218 g/mol. The maximum atomic E-state index is 2.56. The highest BCUT2D eigenvalue weighted by Crippen LogP contribution is 2.48. The number of hydrogen-bond acceptors (Lipinski definition) is 0. The first-order chi connectivity index (χ1) is 7.82. The summed E-state index contributed by atoms with van der Waals surface area (Å²) in [5, 5.41) is 0. The molecule has 0 N–H and O–H groups in total. The molecule has 3 atom stereocenters. The Morgan fingerprint density at radius 3 is 2.69 bits per heavy atom. The van der Waals surface area contributed by atoms with Gasteiger partial charge in [0, 0.05) is 0 Å². The Morgan fingerprint density at radius 1 is 1.19 bits per heavy atom. The molecule has 16 heavy (non-hydrogen) atoms. The quantitative estimate of drug-likeness (QED) is 0.577. The Bertz CT molecular complexity index is 274. The number of allylic oxidation sites excluding steroid dienone is 4. The van der Waals surface area contributed by atoms with Crippen molar-refractivity contribution in [3.05, 3.63) is 24.3 Å². The maximum absolute atomic E-state index is 2.56. The summed E-state index contributed by atoms with van der Waals surface area (Å²) in [4.78, 5) is 0. The molecule has 0 saturated heterocycles. The smallest absolute Gasteiger partial charge is 0.00554 e. The van der Waals surface area contributed by atoms with Crippen LogP contribution in [0.15, 0.2) is 24.3 Å². The normalized spacial score (nSPS) is 38.9. The summed E-state index contributed by atoms with van der Waals surface area (Å²) in [5.74, 6) is 1.74. The van der Waals surface area contributed by atoms with Gasteiger partial charge in [-0.2, -0.15) is 0 Å². The average Bonchev–Trinajstić information content (AvgIpc) is 2.39. The largest absolute Gasteiger partial charge is 0.0882 e. The van der Waals surface area contributed by atoms with Crippen LogP contribution in [0.3, 0.4) is 0 Å². The minimum Gasteiger partial charge on any atom is -0.0882 e. The number of hydrogen-bond donors (Lipinski definition) is 0. The lowest BCUT2D eigenvalue weighted by Crippen LogP contribution is -2.34. The summed E-state index contributed by atoms with van der Waals surface area (Å²) < 4.78 is 0. The van der Waals surface area contributed by atoms with Crippen LogP contribution in [0.5, 0.6) is 0 Å². The second-order valence-corrected chi connectivity index (χ2v) is 5.58. The Balaban J connectivity index is 2.24. The fraction of sp³-hybridized carbons (Fsp3) is 0.750. The summed E-state index contributed by atoms with van der Waals surface area (Å²) in [6.07, 6.45) is 19.4. The van der Waals surface area contributed by atoms with E-state index >= 15 is 0 Å². The molecule has 0 aromatic carbocycles. The molecular formula is C16H26. The molecule has 0 aliphatic heterocycles. The van der Waals surface area contributed by atoms with E-state index < -0.39 is 0 Å². The van der Waals surface area contributed by atoms with E-state index in [0.29, 0.717) is 5.41 Å². The Kier molecular flexibility index (Phi) is 3.89. The van der Waals surface area contributed by atoms with Crippen molar-refractivity contribution in [1.29, 1.82) is 0 Å². The molecule has 0 aromatic rings. The van der Waals surface area contributed by atoms with Gasteiger partial charge in [0.2, 0.25) is 0 Å². The molecule has 0 amide bonds. The zero-order valence-corrected chi connectivity index (χ0v) is 10.9. The molecule has 0 nitrogen and oxygen atoms in total. The Morgan fingerprint density at radius 2 is 2.06 bits per heavy atom. The van der Waals surface area contributed by atoms with Gasteiger partial charge in [-0.25, -0.2) is 0 Å². The topological polar surface area (TPSA) is 0 Å². The number of rotatable bonds is 3. The van der Waals surface area contributed by atoms with Crippen LogP contribution < -0.4 is 0 Å². The molecule has 0 heterocycles. The lowest BCUT2D eigenvalue weighted by Gasteiger charge is -2.44. The first-order valence-electron chi connectivity index (χ1n) is 7.16. The van der Waals surface area contributed by atoms with E-state index in [2.05, 4.69) is 38.2 Å². The van der Waals surface area contributed by atoms with Crippen molar-refractivity contribution in [3.63, 3.8) is 0 Å². The van der Waals surface area contributed by atoms with Gasteiger partial charge in [-0.05, 0) is 55.8 Å². The van der Waals surface area contributed by atoms with Crippen LogP contribution in [-0.2, 0) is 0 Å². The summed E-state index contributed by atoms with van der Waals surface area (Å²) in [6, 6.07) is 0. The van der Waals surface area contributed by atoms with Crippen LogP contribution in [-0.4, -0.2) is 0 Å². The predicted molar refractivity (Wildman–Crippen MR) is 71.4 cm³/mol. The van der Waals surface area contributed by atoms with Crippen LogP contribution >= 0.6 is 0 Å². The van der Waals surface area contributed by atoms with Gasteiger partial charge in [-0.15, -0.1) is 0 Å². The van der Waals surface area contributed by atoms with Crippen molar-refractivity contribution in [2.24, 2.45) is 17.3 Å². The van der Waals surface area contributed by atoms with Crippen LogP contribution in [0.1, 0.15) is 58.8 Å². The summed E-state index contributed by atoms with van der Waals surface area (Å²) in [5.41, 5.74) is 0.496. The van der Waals surface area contributed by atoms with Gasteiger partial charge < -0.3 is 0 Å². The van der Waals surface area contributed by atoms with Gasteiger partial charge in [0.1, 0.15) is 0 Å². The van der Waals surface area contributed by atoms with E-state index in [9.17, 15) is 0 Å². The third-order valence-electron chi connectivity index (χ3n) is 4.86. The van der Waals surface area contributed by atoms with Gasteiger partial charge in [-0.1, -0.05) is 44.6 Å². The van der Waals surface area contributed by atoms with Crippen molar-refractivity contribution in [3.8, 4) is 0 Å². The van der Waals surface area contributed by atoms with E-state index in [0.717, 1.165) is 11.8 Å². The summed E-state index contributed by atoms with van der Waals surface area (Å²) in [6.45, 7) is 4.75. The standard InChI is InChI=1S/C16H26/c1-3-14-10-6-7-11-15(14)16(4-2)12-8-5-9-13-16/h7-8,11-12,14-15H,3-6,9-10,13H2,1-2H3. The fourth-order valence-corrected chi connectivity index (χ4v) is 3.77. The molecular weight excluding hydrogens is 192 g/mol. The lowest BCUT2D eigenvalue weighted by atomic mass is 9.61. The second kappa shape index (κ2) is 5.21. The Hall–Kier alpha value is -0.520. The van der Waals surface area contributed by atoms with Crippen LogP contribution in [0, 0.1) is 17.3 Å². The van der Waals surface area contributed by atoms with Gasteiger partial charge >= 0.3 is 0 Å². The SMILES string of the molecule is CCC1CCC=CC1C1(CC)C=CCCC1. The minimum absolute atomic E-state index is 0.496. The summed E-state index contributed by atoms with van der Waals surface area (Å²) >= 11 is 0. The monoisotopic (exact) mass is 218 g/mol. The highest BCUT2D eigenvalue weighted by atomic mass is 14.4. The van der Waals surface area contributed by atoms with E-state index in [-0.39, 0.29) is 0 Å². The van der Waals surface area contributed by atoms with Crippen LogP contribution in [0.2, 0.25) is 0 Å². The molecule has 0 bridgehead atoms. The Labute approximate surface area is 101 Å². The molecule has 0 spiro atoms. The highest BCUT2D eigenvalue weighted by molar-refractivity contribution is 5.13. The molecule has 90 valence electrons. The highest BCUT2D eigenvalue weighted by Gasteiger charge is 2.38. The first kappa shape index (κ1) is 12.0. The zero-order chi connectivity index (χ0) is 11.4. The van der Waals surface area contributed by atoms with Crippen molar-refractivity contribution < 1.29 is 0 Å². The van der Waals surface area contributed by atoms with E-state index in [1.54, 1.807) is 0 Å². The van der Waals surface area contributed by atoms with Gasteiger partial charge in [0.25, 0.3) is 0 Å². The van der Waals surface area contributed by atoms with Gasteiger partial charge in [0.15, 0.2) is 0 Å². The third kappa shape index (κ3) is 2.12. The van der Waals surface area contributed by atoms with Crippen molar-refractivity contribution >= 4 is 0 Å². The van der Waals surface area contributed by atoms with E-state index in [1.807, 2.05) is 0 Å².